The number of carbonyl (C=O) groups excluding carboxylic acids is 1. The third kappa shape index (κ3) is 6.70. The fourth-order valence-corrected chi connectivity index (χ4v) is 5.52. The number of rotatable bonds is 10. The molecular formula is C35H37N5O3. The van der Waals surface area contributed by atoms with Crippen LogP contribution in [0.15, 0.2) is 91.0 Å². The summed E-state index contributed by atoms with van der Waals surface area (Å²) in [5, 5.41) is 12.6. The van der Waals surface area contributed by atoms with Gasteiger partial charge in [-0.15, -0.1) is 5.10 Å². The van der Waals surface area contributed by atoms with Gasteiger partial charge in [0, 0.05) is 25.2 Å². The third-order valence-electron chi connectivity index (χ3n) is 7.81. The Labute approximate surface area is 252 Å². The lowest BCUT2D eigenvalue weighted by atomic mass is 10.0. The van der Waals surface area contributed by atoms with Gasteiger partial charge in [0.15, 0.2) is 0 Å². The quantitative estimate of drug-likeness (QED) is 0.208. The van der Waals surface area contributed by atoms with Crippen molar-refractivity contribution in [3.63, 3.8) is 0 Å². The van der Waals surface area contributed by atoms with Crippen LogP contribution in [-0.2, 0) is 27.2 Å². The molecule has 0 saturated carbocycles. The summed E-state index contributed by atoms with van der Waals surface area (Å²) in [5.41, 5.74) is 9.33. The van der Waals surface area contributed by atoms with Crippen LogP contribution in [0.2, 0.25) is 0 Å². The molecule has 1 fully saturated rings. The fraction of sp³-hybridized carbons (Fsp3) is 0.286. The number of esters is 1. The van der Waals surface area contributed by atoms with Crippen LogP contribution in [0.5, 0.6) is 0 Å². The van der Waals surface area contributed by atoms with E-state index in [1.54, 1.807) is 0 Å². The van der Waals surface area contributed by atoms with Crippen LogP contribution >= 0.6 is 0 Å². The zero-order valence-electron chi connectivity index (χ0n) is 24.7. The molecule has 8 heteroatoms. The molecule has 220 valence electrons. The van der Waals surface area contributed by atoms with E-state index < -0.39 is 6.04 Å². The minimum absolute atomic E-state index is 0.283. The number of aryl methyl sites for hydroxylation is 1. The van der Waals surface area contributed by atoms with Gasteiger partial charge in [0.2, 0.25) is 0 Å². The van der Waals surface area contributed by atoms with Crippen molar-refractivity contribution in [3.05, 3.63) is 108 Å². The van der Waals surface area contributed by atoms with Crippen molar-refractivity contribution in [1.29, 1.82) is 0 Å². The van der Waals surface area contributed by atoms with E-state index in [1.807, 2.05) is 41.9 Å². The van der Waals surface area contributed by atoms with Crippen LogP contribution in [0.3, 0.4) is 0 Å². The molecular weight excluding hydrogens is 538 g/mol. The number of aromatic nitrogens is 3. The molecule has 43 heavy (non-hydrogen) atoms. The van der Waals surface area contributed by atoms with Crippen LogP contribution < -0.4 is 10.2 Å². The summed E-state index contributed by atoms with van der Waals surface area (Å²) in [6.45, 7) is 7.72. The summed E-state index contributed by atoms with van der Waals surface area (Å²) in [6.07, 6.45) is 0.447. The Kier molecular flexibility index (Phi) is 8.65. The highest BCUT2D eigenvalue weighted by Crippen LogP contribution is 2.30. The lowest BCUT2D eigenvalue weighted by Gasteiger charge is -2.29. The van der Waals surface area contributed by atoms with E-state index >= 15 is 0 Å². The first-order valence-corrected chi connectivity index (χ1v) is 14.9. The maximum Gasteiger partial charge on any atom is 0.328 e. The summed E-state index contributed by atoms with van der Waals surface area (Å²) < 4.78 is 13.1. The summed E-state index contributed by atoms with van der Waals surface area (Å²) >= 11 is 0. The molecule has 1 aromatic heterocycles. The first-order chi connectivity index (χ1) is 21.1. The largest absolute Gasteiger partial charge is 0.464 e. The Balaban J connectivity index is 1.31. The predicted molar refractivity (Wildman–Crippen MR) is 170 cm³/mol. The van der Waals surface area contributed by atoms with E-state index in [0.717, 1.165) is 57.8 Å². The number of nitrogens with one attached hydrogen (secondary N) is 1. The second kappa shape index (κ2) is 13.1. The molecule has 1 aliphatic heterocycles. The van der Waals surface area contributed by atoms with Crippen LogP contribution in [0.1, 0.15) is 23.6 Å². The lowest BCUT2D eigenvalue weighted by molar-refractivity contribution is -0.144. The Morgan fingerprint density at radius 2 is 1.63 bits per heavy atom. The van der Waals surface area contributed by atoms with Crippen LogP contribution in [0, 0.1) is 6.92 Å². The number of carbonyl (C=O) groups is 1. The molecule has 0 bridgehead atoms. The zero-order valence-corrected chi connectivity index (χ0v) is 24.7. The number of fused-ring (bicyclic) bond motifs is 1. The van der Waals surface area contributed by atoms with Crippen LogP contribution in [0.25, 0.3) is 22.2 Å². The molecule has 1 unspecified atom stereocenters. The molecule has 0 radical (unpaired) electrons. The fourth-order valence-electron chi connectivity index (χ4n) is 5.52. The minimum atomic E-state index is -0.571. The smallest absolute Gasteiger partial charge is 0.328 e. The summed E-state index contributed by atoms with van der Waals surface area (Å²) in [5.74, 6) is -0.283. The zero-order chi connectivity index (χ0) is 29.6. The Bertz CT molecular complexity index is 1660. The first-order valence-electron chi connectivity index (χ1n) is 14.9. The monoisotopic (exact) mass is 575 g/mol. The average molecular weight is 576 g/mol. The van der Waals surface area contributed by atoms with Gasteiger partial charge in [-0.05, 0) is 60.4 Å². The van der Waals surface area contributed by atoms with E-state index in [-0.39, 0.29) is 5.97 Å². The lowest BCUT2D eigenvalue weighted by Crippen LogP contribution is -2.36. The molecule has 1 aliphatic rings. The molecule has 4 aromatic carbocycles. The summed E-state index contributed by atoms with van der Waals surface area (Å²) in [6, 6.07) is 30.6. The molecule has 0 aliphatic carbocycles. The molecule has 6 rings (SSSR count). The van der Waals surface area contributed by atoms with Gasteiger partial charge in [-0.3, -0.25) is 0 Å². The third-order valence-corrected chi connectivity index (χ3v) is 7.81. The van der Waals surface area contributed by atoms with Crippen molar-refractivity contribution < 1.29 is 14.3 Å². The Morgan fingerprint density at radius 1 is 0.930 bits per heavy atom. The van der Waals surface area contributed by atoms with E-state index in [4.69, 9.17) is 9.47 Å². The van der Waals surface area contributed by atoms with Gasteiger partial charge in [-0.25, -0.2) is 9.48 Å². The van der Waals surface area contributed by atoms with Gasteiger partial charge in [0.25, 0.3) is 0 Å². The number of hydrogen-bond acceptors (Lipinski definition) is 7. The van der Waals surface area contributed by atoms with Crippen molar-refractivity contribution >= 4 is 28.4 Å². The van der Waals surface area contributed by atoms with E-state index in [9.17, 15) is 4.79 Å². The minimum Gasteiger partial charge on any atom is -0.464 e. The van der Waals surface area contributed by atoms with E-state index in [2.05, 4.69) is 88.1 Å². The highest BCUT2D eigenvalue weighted by molar-refractivity contribution is 5.90. The van der Waals surface area contributed by atoms with E-state index in [1.165, 1.54) is 5.56 Å². The summed E-state index contributed by atoms with van der Waals surface area (Å²) in [7, 11) is 0. The van der Waals surface area contributed by atoms with Crippen molar-refractivity contribution in [1.82, 2.24) is 15.0 Å². The molecule has 8 nitrogen and oxygen atoms in total. The average Bonchev–Trinajstić information content (AvgIpc) is 3.44. The highest BCUT2D eigenvalue weighted by atomic mass is 16.5. The number of anilines is 2. The second-order valence-electron chi connectivity index (χ2n) is 10.9. The second-order valence-corrected chi connectivity index (χ2v) is 10.9. The Hall–Kier alpha value is -4.69. The summed E-state index contributed by atoms with van der Waals surface area (Å²) in [4.78, 5) is 15.5. The van der Waals surface area contributed by atoms with Gasteiger partial charge in [-0.2, -0.15) is 0 Å². The van der Waals surface area contributed by atoms with Gasteiger partial charge >= 0.3 is 5.97 Å². The molecule has 5 aromatic rings. The van der Waals surface area contributed by atoms with Crippen molar-refractivity contribution in [2.24, 2.45) is 0 Å². The Morgan fingerprint density at radius 3 is 2.33 bits per heavy atom. The molecule has 1 N–H and O–H groups in total. The van der Waals surface area contributed by atoms with Crippen LogP contribution in [-0.4, -0.2) is 59.9 Å². The van der Waals surface area contributed by atoms with E-state index in [0.29, 0.717) is 32.8 Å². The van der Waals surface area contributed by atoms with Gasteiger partial charge in [0.05, 0.1) is 37.6 Å². The van der Waals surface area contributed by atoms with Gasteiger partial charge in [0.1, 0.15) is 11.6 Å². The van der Waals surface area contributed by atoms with Crippen molar-refractivity contribution in [2.45, 2.75) is 32.9 Å². The maximum atomic E-state index is 13.2. The normalized spacial score (nSPS) is 14.0. The standard InChI is InChI=1S/C35H37N5O3/c1-3-43-35(41)31(36-30-15-13-29(14-16-30)28-11-9-25(2)10-12-28)21-27-22-32(39-17-19-42-20-18-39)34-33(23-27)40(38-37-34)24-26-7-5-4-6-8-26/h4-16,22-23,31,36H,3,17-21,24H2,1-2H3. The first kappa shape index (κ1) is 28.4. The molecule has 0 amide bonds. The molecule has 1 saturated heterocycles. The highest BCUT2D eigenvalue weighted by Gasteiger charge is 2.24. The number of benzene rings is 4. The number of ether oxygens (including phenoxy) is 2. The van der Waals surface area contributed by atoms with Crippen LogP contribution in [0.4, 0.5) is 11.4 Å². The number of morpholine rings is 1. The van der Waals surface area contributed by atoms with Gasteiger partial charge < -0.3 is 19.7 Å². The molecule has 1 atom stereocenters. The number of nitrogens with zero attached hydrogens (tertiary/aromatic N) is 4. The SMILES string of the molecule is CCOC(=O)C(Cc1cc(N2CCOCC2)c2nnn(Cc3ccccc3)c2c1)Nc1ccc(-c2ccc(C)cc2)cc1. The maximum absolute atomic E-state index is 13.2. The van der Waals surface area contributed by atoms with Gasteiger partial charge in [-0.1, -0.05) is 77.5 Å². The molecule has 2 heterocycles. The van der Waals surface area contributed by atoms with Crippen molar-refractivity contribution in [3.8, 4) is 11.1 Å². The van der Waals surface area contributed by atoms with Crippen molar-refractivity contribution in [2.75, 3.05) is 43.1 Å². The number of hydrogen-bond donors (Lipinski definition) is 1. The topological polar surface area (TPSA) is 81.5 Å². The predicted octanol–water partition coefficient (Wildman–Crippen LogP) is 5.88. The molecule has 0 spiro atoms.